The third kappa shape index (κ3) is 5.03. The van der Waals surface area contributed by atoms with Crippen molar-refractivity contribution in [2.45, 2.75) is 47.9 Å². The lowest BCUT2D eigenvalue weighted by Crippen LogP contribution is -2.39. The number of rotatable bonds is 6. The first-order chi connectivity index (χ1) is 11.8. The van der Waals surface area contributed by atoms with E-state index in [9.17, 15) is 4.79 Å². The van der Waals surface area contributed by atoms with Crippen molar-refractivity contribution < 1.29 is 4.79 Å². The van der Waals surface area contributed by atoms with Crippen LogP contribution < -0.4 is 10.6 Å². The Morgan fingerprint density at radius 1 is 0.958 bits per heavy atom. The third-order valence-corrected chi connectivity index (χ3v) is 5.35. The molecule has 3 rings (SSSR count). The van der Waals surface area contributed by atoms with Gasteiger partial charge in [0.05, 0.1) is 6.54 Å². The van der Waals surface area contributed by atoms with E-state index < -0.39 is 0 Å². The number of carbonyl (C=O) groups excluding carboxylic acids is 1. The fourth-order valence-electron chi connectivity index (χ4n) is 3.02. The third-order valence-electron chi connectivity index (χ3n) is 4.27. The molecule has 1 saturated carbocycles. The lowest BCUT2D eigenvalue weighted by Gasteiger charge is -2.23. The van der Waals surface area contributed by atoms with Gasteiger partial charge in [-0.3, -0.25) is 4.79 Å². The molecule has 0 unspecified atom stereocenters. The number of amides is 1. The lowest BCUT2D eigenvalue weighted by atomic mass is 9.95. The maximum Gasteiger partial charge on any atom is 0.239 e. The molecule has 0 spiro atoms. The molecular formula is C20H24N2OS. The van der Waals surface area contributed by atoms with Gasteiger partial charge in [-0.05, 0) is 37.1 Å². The molecule has 0 bridgehead atoms. The molecule has 3 nitrogen and oxygen atoms in total. The van der Waals surface area contributed by atoms with Gasteiger partial charge in [-0.2, -0.15) is 0 Å². The first kappa shape index (κ1) is 16.9. The summed E-state index contributed by atoms with van der Waals surface area (Å²) in [4.78, 5) is 14.5. The minimum Gasteiger partial charge on any atom is -0.375 e. The van der Waals surface area contributed by atoms with E-state index in [1.807, 2.05) is 36.4 Å². The Kier molecular flexibility index (Phi) is 6.19. The SMILES string of the molecule is O=C(CNc1ccccc1Sc1ccccc1)NC1CCCCC1. The van der Waals surface area contributed by atoms with Crippen LogP contribution in [0.2, 0.25) is 0 Å². The minimum atomic E-state index is 0.0846. The van der Waals surface area contributed by atoms with Crippen molar-refractivity contribution in [3.05, 3.63) is 54.6 Å². The molecule has 2 N–H and O–H groups in total. The Balaban J connectivity index is 1.55. The second kappa shape index (κ2) is 8.78. The molecule has 0 heterocycles. The number of benzene rings is 2. The number of para-hydroxylation sites is 1. The first-order valence-electron chi connectivity index (χ1n) is 8.66. The normalized spacial score (nSPS) is 15.0. The first-order valence-corrected chi connectivity index (χ1v) is 9.48. The van der Waals surface area contributed by atoms with Gasteiger partial charge in [0.2, 0.25) is 5.91 Å². The van der Waals surface area contributed by atoms with Crippen molar-refractivity contribution in [1.29, 1.82) is 0 Å². The molecule has 24 heavy (non-hydrogen) atoms. The summed E-state index contributed by atoms with van der Waals surface area (Å²) in [7, 11) is 0. The summed E-state index contributed by atoms with van der Waals surface area (Å²) >= 11 is 1.71. The predicted molar refractivity (Wildman–Crippen MR) is 101 cm³/mol. The Labute approximate surface area is 148 Å². The van der Waals surface area contributed by atoms with Crippen LogP contribution >= 0.6 is 11.8 Å². The highest BCUT2D eigenvalue weighted by molar-refractivity contribution is 7.99. The molecule has 0 radical (unpaired) electrons. The molecule has 1 aliphatic carbocycles. The van der Waals surface area contributed by atoms with E-state index in [1.165, 1.54) is 24.2 Å². The molecule has 1 fully saturated rings. The summed E-state index contributed by atoms with van der Waals surface area (Å²) in [5.74, 6) is 0.0846. The van der Waals surface area contributed by atoms with Gasteiger partial charge in [0.15, 0.2) is 0 Å². The Bertz CT molecular complexity index is 654. The highest BCUT2D eigenvalue weighted by Gasteiger charge is 2.15. The Morgan fingerprint density at radius 3 is 2.46 bits per heavy atom. The summed E-state index contributed by atoms with van der Waals surface area (Å²) in [6.07, 6.45) is 6.00. The van der Waals surface area contributed by atoms with Crippen LogP contribution in [-0.4, -0.2) is 18.5 Å². The van der Waals surface area contributed by atoms with Crippen LogP contribution in [0.1, 0.15) is 32.1 Å². The van der Waals surface area contributed by atoms with Gasteiger partial charge in [0.1, 0.15) is 0 Å². The van der Waals surface area contributed by atoms with Crippen molar-refractivity contribution >= 4 is 23.4 Å². The van der Waals surface area contributed by atoms with Crippen molar-refractivity contribution in [3.8, 4) is 0 Å². The van der Waals surface area contributed by atoms with Crippen LogP contribution in [0, 0.1) is 0 Å². The fourth-order valence-corrected chi connectivity index (χ4v) is 3.96. The van der Waals surface area contributed by atoms with E-state index in [0.29, 0.717) is 12.6 Å². The molecule has 0 saturated heterocycles. The van der Waals surface area contributed by atoms with E-state index in [1.54, 1.807) is 11.8 Å². The molecule has 2 aromatic rings. The van der Waals surface area contributed by atoms with E-state index in [-0.39, 0.29) is 5.91 Å². The summed E-state index contributed by atoms with van der Waals surface area (Å²) in [5.41, 5.74) is 1.00. The van der Waals surface area contributed by atoms with Gasteiger partial charge in [-0.15, -0.1) is 0 Å². The molecule has 1 aliphatic rings. The van der Waals surface area contributed by atoms with Gasteiger partial charge >= 0.3 is 0 Å². The van der Waals surface area contributed by atoms with E-state index in [0.717, 1.165) is 23.4 Å². The summed E-state index contributed by atoms with van der Waals surface area (Å²) in [6, 6.07) is 18.8. The fraction of sp³-hybridized carbons (Fsp3) is 0.350. The number of hydrogen-bond acceptors (Lipinski definition) is 3. The molecule has 126 valence electrons. The summed E-state index contributed by atoms with van der Waals surface area (Å²) in [5, 5.41) is 6.44. The molecule has 2 aromatic carbocycles. The zero-order chi connectivity index (χ0) is 16.6. The van der Waals surface area contributed by atoms with Gasteiger partial charge in [-0.1, -0.05) is 61.4 Å². The minimum absolute atomic E-state index is 0.0846. The molecular weight excluding hydrogens is 316 g/mol. The molecule has 0 aliphatic heterocycles. The maximum absolute atomic E-state index is 12.2. The topological polar surface area (TPSA) is 41.1 Å². The van der Waals surface area contributed by atoms with Crippen LogP contribution in [0.4, 0.5) is 5.69 Å². The second-order valence-electron chi connectivity index (χ2n) is 6.17. The van der Waals surface area contributed by atoms with E-state index >= 15 is 0 Å². The van der Waals surface area contributed by atoms with E-state index in [4.69, 9.17) is 0 Å². The van der Waals surface area contributed by atoms with Crippen LogP contribution in [-0.2, 0) is 4.79 Å². The van der Waals surface area contributed by atoms with Gasteiger partial charge < -0.3 is 10.6 Å². The maximum atomic E-state index is 12.2. The van der Waals surface area contributed by atoms with Crippen LogP contribution in [0.25, 0.3) is 0 Å². The number of anilines is 1. The molecule has 0 aromatic heterocycles. The standard InChI is InChI=1S/C20H24N2OS/c23-20(22-16-9-3-1-4-10-16)15-21-18-13-7-8-14-19(18)24-17-11-5-2-6-12-17/h2,5-8,11-14,16,21H,1,3-4,9-10,15H2,(H,22,23). The molecule has 4 heteroatoms. The number of hydrogen-bond donors (Lipinski definition) is 2. The second-order valence-corrected chi connectivity index (χ2v) is 7.28. The number of nitrogens with one attached hydrogen (secondary N) is 2. The van der Waals surface area contributed by atoms with Crippen LogP contribution in [0.15, 0.2) is 64.4 Å². The van der Waals surface area contributed by atoms with Crippen molar-refractivity contribution in [2.24, 2.45) is 0 Å². The van der Waals surface area contributed by atoms with Crippen molar-refractivity contribution in [2.75, 3.05) is 11.9 Å². The highest BCUT2D eigenvalue weighted by atomic mass is 32.2. The van der Waals surface area contributed by atoms with Crippen LogP contribution in [0.5, 0.6) is 0 Å². The zero-order valence-corrected chi connectivity index (χ0v) is 14.6. The lowest BCUT2D eigenvalue weighted by molar-refractivity contribution is -0.120. The smallest absolute Gasteiger partial charge is 0.239 e. The van der Waals surface area contributed by atoms with Gasteiger partial charge in [0, 0.05) is 21.5 Å². The predicted octanol–water partition coefficient (Wildman–Crippen LogP) is 4.70. The van der Waals surface area contributed by atoms with Crippen molar-refractivity contribution in [3.63, 3.8) is 0 Å². The average molecular weight is 340 g/mol. The van der Waals surface area contributed by atoms with Gasteiger partial charge in [0.25, 0.3) is 0 Å². The summed E-state index contributed by atoms with van der Waals surface area (Å²) < 4.78 is 0. The van der Waals surface area contributed by atoms with Gasteiger partial charge in [-0.25, -0.2) is 0 Å². The monoisotopic (exact) mass is 340 g/mol. The quantitative estimate of drug-likeness (QED) is 0.801. The molecule has 0 atom stereocenters. The summed E-state index contributed by atoms with van der Waals surface area (Å²) in [6.45, 7) is 0.322. The van der Waals surface area contributed by atoms with E-state index in [2.05, 4.69) is 28.8 Å². The number of carbonyl (C=O) groups is 1. The largest absolute Gasteiger partial charge is 0.375 e. The highest BCUT2D eigenvalue weighted by Crippen LogP contribution is 2.33. The van der Waals surface area contributed by atoms with Crippen molar-refractivity contribution in [1.82, 2.24) is 5.32 Å². The average Bonchev–Trinajstić information content (AvgIpc) is 2.63. The van der Waals surface area contributed by atoms with Crippen LogP contribution in [0.3, 0.4) is 0 Å². The zero-order valence-electron chi connectivity index (χ0n) is 13.8. The Morgan fingerprint density at radius 2 is 1.67 bits per heavy atom. The Hall–Kier alpha value is -1.94. The molecule has 1 amide bonds.